The van der Waals surface area contributed by atoms with Crippen molar-refractivity contribution in [2.75, 3.05) is 0 Å². The molecule has 0 bridgehead atoms. The number of benzene rings is 2. The van der Waals surface area contributed by atoms with Gasteiger partial charge in [-0.25, -0.2) is 0 Å². The number of nitrogens with two attached hydrogens (primary N) is 1. The van der Waals surface area contributed by atoms with Gasteiger partial charge in [0.15, 0.2) is 0 Å². The van der Waals surface area contributed by atoms with Crippen molar-refractivity contribution in [3.63, 3.8) is 0 Å². The van der Waals surface area contributed by atoms with E-state index in [0.717, 1.165) is 27.7 Å². The third-order valence-corrected chi connectivity index (χ3v) is 3.91. The Bertz CT molecular complexity index is 970. The minimum absolute atomic E-state index is 0. The Kier molecular flexibility index (Phi) is 4.33. The molecule has 0 aliphatic heterocycles. The summed E-state index contributed by atoms with van der Waals surface area (Å²) in [5.74, 6) is 0.626. The molecule has 2 N–H and O–H groups in total. The van der Waals surface area contributed by atoms with Gasteiger partial charge in [0.2, 0.25) is 5.82 Å². The Balaban J connectivity index is 0.00000169. The second-order valence-electron chi connectivity index (χ2n) is 5.40. The van der Waals surface area contributed by atoms with E-state index in [4.69, 9.17) is 5.73 Å². The number of para-hydroxylation sites is 1. The second kappa shape index (κ2) is 6.43. The van der Waals surface area contributed by atoms with Gasteiger partial charge in [-0.3, -0.25) is 0 Å². The van der Waals surface area contributed by atoms with Crippen LogP contribution in [-0.2, 0) is 13.6 Å². The number of hydrogen-bond acceptors (Lipinski definition) is 4. The number of hydrogen-bond donors (Lipinski definition) is 1. The normalized spacial score (nSPS) is 10.8. The van der Waals surface area contributed by atoms with Crippen molar-refractivity contribution in [3.05, 3.63) is 60.3 Å². The summed E-state index contributed by atoms with van der Waals surface area (Å²) >= 11 is 0. The van der Waals surface area contributed by atoms with E-state index in [1.54, 1.807) is 7.05 Å². The number of nitrogens with zero attached hydrogens (tertiary/aromatic N) is 5. The quantitative estimate of drug-likeness (QED) is 0.622. The van der Waals surface area contributed by atoms with E-state index < -0.39 is 0 Å². The van der Waals surface area contributed by atoms with Gasteiger partial charge < -0.3 is 10.3 Å². The molecule has 0 fully saturated rings. The Morgan fingerprint density at radius 3 is 2.46 bits per heavy atom. The van der Waals surface area contributed by atoms with E-state index in [1.807, 2.05) is 24.3 Å². The summed E-state index contributed by atoms with van der Waals surface area (Å²) in [5.41, 5.74) is 9.94. The fourth-order valence-corrected chi connectivity index (χ4v) is 2.76. The molecule has 2 aromatic heterocycles. The lowest BCUT2D eigenvalue weighted by Crippen LogP contribution is -1.97. The van der Waals surface area contributed by atoms with Crippen LogP contribution >= 0.6 is 12.4 Å². The highest BCUT2D eigenvalue weighted by Gasteiger charge is 2.14. The number of aromatic nitrogens is 5. The van der Waals surface area contributed by atoms with Crippen molar-refractivity contribution >= 4 is 23.3 Å². The van der Waals surface area contributed by atoms with Crippen molar-refractivity contribution in [1.82, 2.24) is 24.8 Å². The van der Waals surface area contributed by atoms with Crippen LogP contribution < -0.4 is 5.73 Å². The first-order chi connectivity index (χ1) is 11.3. The largest absolute Gasteiger partial charge is 0.326 e. The minimum atomic E-state index is 0. The van der Waals surface area contributed by atoms with Crippen LogP contribution in [-0.4, -0.2) is 24.8 Å². The molecule has 6 nitrogen and oxygen atoms in total. The van der Waals surface area contributed by atoms with Gasteiger partial charge >= 0.3 is 0 Å². The maximum absolute atomic E-state index is 5.68. The van der Waals surface area contributed by atoms with Gasteiger partial charge in [-0.1, -0.05) is 30.3 Å². The predicted octanol–water partition coefficient (Wildman–Crippen LogP) is 2.70. The fraction of sp³-hybridized carbons (Fsp3) is 0.118. The lowest BCUT2D eigenvalue weighted by atomic mass is 10.1. The first-order valence-electron chi connectivity index (χ1n) is 7.40. The van der Waals surface area contributed by atoms with E-state index in [0.29, 0.717) is 12.4 Å². The first-order valence-corrected chi connectivity index (χ1v) is 7.40. The van der Waals surface area contributed by atoms with Crippen molar-refractivity contribution < 1.29 is 0 Å². The van der Waals surface area contributed by atoms with Gasteiger partial charge in [-0.2, -0.15) is 4.80 Å². The summed E-state index contributed by atoms with van der Waals surface area (Å²) in [4.78, 5) is 1.47. The Labute approximate surface area is 145 Å². The summed E-state index contributed by atoms with van der Waals surface area (Å²) < 4.78 is 2.14. The van der Waals surface area contributed by atoms with Crippen LogP contribution in [0.2, 0.25) is 0 Å². The van der Waals surface area contributed by atoms with Crippen molar-refractivity contribution in [2.24, 2.45) is 12.8 Å². The van der Waals surface area contributed by atoms with E-state index in [1.165, 1.54) is 4.80 Å². The molecule has 122 valence electrons. The molecule has 0 radical (unpaired) electrons. The monoisotopic (exact) mass is 340 g/mol. The van der Waals surface area contributed by atoms with Crippen molar-refractivity contribution in [3.8, 4) is 17.1 Å². The van der Waals surface area contributed by atoms with Crippen LogP contribution in [0.3, 0.4) is 0 Å². The van der Waals surface area contributed by atoms with Gasteiger partial charge in [0.25, 0.3) is 0 Å². The third kappa shape index (κ3) is 2.66. The van der Waals surface area contributed by atoms with Gasteiger partial charge in [0.1, 0.15) is 0 Å². The second-order valence-corrected chi connectivity index (χ2v) is 5.40. The highest BCUT2D eigenvalue weighted by Crippen LogP contribution is 2.30. The molecule has 4 rings (SSSR count). The van der Waals surface area contributed by atoms with E-state index in [-0.39, 0.29) is 12.4 Å². The van der Waals surface area contributed by atoms with Gasteiger partial charge in [0.05, 0.1) is 12.6 Å². The van der Waals surface area contributed by atoms with Crippen LogP contribution in [0, 0.1) is 0 Å². The summed E-state index contributed by atoms with van der Waals surface area (Å²) in [7, 11) is 1.77. The van der Waals surface area contributed by atoms with Crippen LogP contribution in [0.1, 0.15) is 5.56 Å². The molecule has 24 heavy (non-hydrogen) atoms. The fourth-order valence-electron chi connectivity index (χ4n) is 2.76. The maximum Gasteiger partial charge on any atom is 0.207 e. The zero-order valence-electron chi connectivity index (χ0n) is 13.1. The molecular formula is C17H17ClN6. The van der Waals surface area contributed by atoms with Gasteiger partial charge in [-0.05, 0) is 29.0 Å². The zero-order valence-corrected chi connectivity index (χ0v) is 13.9. The van der Waals surface area contributed by atoms with Crippen LogP contribution in [0.5, 0.6) is 0 Å². The average Bonchev–Trinajstić information content (AvgIpc) is 3.19. The SMILES string of the molecule is Cl.Cn1nnc(-c2cn(-c3ccc(CN)cc3)c3ccccc23)n1. The first kappa shape index (κ1) is 16.2. The number of fused-ring (bicyclic) bond motifs is 1. The van der Waals surface area contributed by atoms with E-state index >= 15 is 0 Å². The van der Waals surface area contributed by atoms with Crippen LogP contribution in [0.4, 0.5) is 0 Å². The molecule has 0 aliphatic carbocycles. The molecule has 0 saturated carbocycles. The summed E-state index contributed by atoms with van der Waals surface area (Å²) in [6.07, 6.45) is 2.05. The zero-order chi connectivity index (χ0) is 15.8. The van der Waals surface area contributed by atoms with Crippen LogP contribution in [0.15, 0.2) is 54.7 Å². The smallest absolute Gasteiger partial charge is 0.207 e. The van der Waals surface area contributed by atoms with Gasteiger partial charge in [0, 0.05) is 29.4 Å². The number of rotatable bonds is 3. The van der Waals surface area contributed by atoms with E-state index in [9.17, 15) is 0 Å². The Morgan fingerprint density at radius 1 is 1.04 bits per heavy atom. The molecule has 0 spiro atoms. The maximum atomic E-state index is 5.68. The summed E-state index contributed by atoms with van der Waals surface area (Å²) in [6, 6.07) is 16.4. The molecule has 7 heteroatoms. The molecule has 2 heterocycles. The highest BCUT2D eigenvalue weighted by molar-refractivity contribution is 5.95. The highest BCUT2D eigenvalue weighted by atomic mass is 35.5. The standard InChI is InChI=1S/C17H16N6.ClH/c1-22-20-17(19-21-22)15-11-23(16-5-3-2-4-14(15)16)13-8-6-12(10-18)7-9-13;/h2-9,11H,10,18H2,1H3;1H. The van der Waals surface area contributed by atoms with Crippen molar-refractivity contribution in [1.29, 1.82) is 0 Å². The summed E-state index contributed by atoms with van der Waals surface area (Å²) in [5, 5.41) is 13.5. The topological polar surface area (TPSA) is 74.5 Å². The Hall–Kier alpha value is -2.70. The minimum Gasteiger partial charge on any atom is -0.326 e. The number of aryl methyl sites for hydroxylation is 1. The Morgan fingerprint density at radius 2 is 1.79 bits per heavy atom. The van der Waals surface area contributed by atoms with Gasteiger partial charge in [-0.15, -0.1) is 22.6 Å². The molecule has 2 aromatic carbocycles. The molecule has 0 atom stereocenters. The summed E-state index contributed by atoms with van der Waals surface area (Å²) in [6.45, 7) is 0.543. The number of tetrazole rings is 1. The molecule has 4 aromatic rings. The lowest BCUT2D eigenvalue weighted by molar-refractivity contribution is 0.630. The predicted molar refractivity (Wildman–Crippen MR) is 96.2 cm³/mol. The lowest BCUT2D eigenvalue weighted by Gasteiger charge is -2.06. The molecule has 0 unspecified atom stereocenters. The third-order valence-electron chi connectivity index (χ3n) is 3.91. The van der Waals surface area contributed by atoms with Crippen LogP contribution in [0.25, 0.3) is 28.0 Å². The molecule has 0 saturated heterocycles. The van der Waals surface area contributed by atoms with E-state index in [2.05, 4.69) is 50.4 Å². The van der Waals surface area contributed by atoms with Crippen molar-refractivity contribution in [2.45, 2.75) is 6.54 Å². The molecule has 0 aliphatic rings. The average molecular weight is 341 g/mol. The number of halogens is 1. The molecular weight excluding hydrogens is 324 g/mol. The molecule has 0 amide bonds.